The van der Waals surface area contributed by atoms with Gasteiger partial charge >= 0.3 is 0 Å². The van der Waals surface area contributed by atoms with E-state index in [1.54, 1.807) is 12.1 Å². The van der Waals surface area contributed by atoms with E-state index < -0.39 is 0 Å². The SMILES string of the molecule is CCCCCCC[SiH2]CC(C)CC. The summed E-state index contributed by atoms with van der Waals surface area (Å²) in [6, 6.07) is 3.19. The third kappa shape index (κ3) is 10.1. The van der Waals surface area contributed by atoms with Crippen molar-refractivity contribution in [1.82, 2.24) is 0 Å². The van der Waals surface area contributed by atoms with E-state index >= 15 is 0 Å². The second kappa shape index (κ2) is 10.3. The smallest absolute Gasteiger partial charge is 0.0200 e. The van der Waals surface area contributed by atoms with Crippen molar-refractivity contribution in [1.29, 1.82) is 0 Å². The minimum atomic E-state index is 0.319. The molecule has 0 aliphatic carbocycles. The first kappa shape index (κ1) is 13.2. The van der Waals surface area contributed by atoms with Gasteiger partial charge in [-0.05, 0) is 5.92 Å². The molecule has 0 saturated heterocycles. The summed E-state index contributed by atoms with van der Waals surface area (Å²) in [5.74, 6) is 1.02. The summed E-state index contributed by atoms with van der Waals surface area (Å²) in [6.45, 7) is 7.02. The van der Waals surface area contributed by atoms with E-state index in [4.69, 9.17) is 0 Å². The summed E-state index contributed by atoms with van der Waals surface area (Å²) < 4.78 is 0. The highest BCUT2D eigenvalue weighted by atomic mass is 28.2. The maximum atomic E-state index is 2.41. The molecule has 0 aromatic heterocycles. The highest BCUT2D eigenvalue weighted by molar-refractivity contribution is 6.35. The fraction of sp³-hybridized carbons (Fsp3) is 1.00. The van der Waals surface area contributed by atoms with Crippen LogP contribution in [0.1, 0.15) is 59.3 Å². The summed E-state index contributed by atoms with van der Waals surface area (Å²) in [5, 5.41) is 0. The van der Waals surface area contributed by atoms with E-state index in [0.29, 0.717) is 9.52 Å². The van der Waals surface area contributed by atoms with Gasteiger partial charge in [-0.3, -0.25) is 0 Å². The zero-order valence-electron chi connectivity index (χ0n) is 9.94. The van der Waals surface area contributed by atoms with Crippen LogP contribution in [0.15, 0.2) is 0 Å². The van der Waals surface area contributed by atoms with E-state index in [0.717, 1.165) is 5.92 Å². The molecule has 0 N–H and O–H groups in total. The van der Waals surface area contributed by atoms with Crippen LogP contribution < -0.4 is 0 Å². The Bertz CT molecular complexity index is 91.1. The second-order valence-corrected chi connectivity index (χ2v) is 6.41. The van der Waals surface area contributed by atoms with Crippen molar-refractivity contribution in [2.75, 3.05) is 0 Å². The minimum Gasteiger partial charge on any atom is -0.0654 e. The molecule has 0 rings (SSSR count). The maximum absolute atomic E-state index is 2.41. The molecule has 0 saturated carbocycles. The summed E-state index contributed by atoms with van der Waals surface area (Å²) in [7, 11) is 0.319. The lowest BCUT2D eigenvalue weighted by Crippen LogP contribution is -1.98. The highest BCUT2D eigenvalue weighted by Gasteiger charge is 1.98. The van der Waals surface area contributed by atoms with E-state index in [-0.39, 0.29) is 0 Å². The van der Waals surface area contributed by atoms with Gasteiger partial charge in [0, 0.05) is 9.52 Å². The first-order valence-electron chi connectivity index (χ1n) is 6.31. The number of rotatable bonds is 9. The van der Waals surface area contributed by atoms with Gasteiger partial charge < -0.3 is 0 Å². The van der Waals surface area contributed by atoms with Crippen LogP contribution in [0.25, 0.3) is 0 Å². The molecule has 0 aromatic carbocycles. The summed E-state index contributed by atoms with van der Waals surface area (Å²) in [5.41, 5.74) is 0. The summed E-state index contributed by atoms with van der Waals surface area (Å²) in [4.78, 5) is 0. The third-order valence-corrected chi connectivity index (χ3v) is 5.39. The molecule has 0 aliphatic rings. The average Bonchev–Trinajstić information content (AvgIpc) is 2.16. The third-order valence-electron chi connectivity index (χ3n) is 3.00. The Kier molecular flexibility index (Phi) is 10.5. The number of unbranched alkanes of at least 4 members (excludes halogenated alkanes) is 4. The molecule has 0 aliphatic heterocycles. The van der Waals surface area contributed by atoms with Crippen LogP contribution in [-0.4, -0.2) is 9.52 Å². The Hall–Kier alpha value is 0.217. The molecule has 0 nitrogen and oxygen atoms in total. The van der Waals surface area contributed by atoms with Gasteiger partial charge in [-0.15, -0.1) is 0 Å². The molecule has 80 valence electrons. The van der Waals surface area contributed by atoms with Crippen LogP contribution >= 0.6 is 0 Å². The minimum absolute atomic E-state index is 0.319. The largest absolute Gasteiger partial charge is 0.0654 e. The van der Waals surface area contributed by atoms with Gasteiger partial charge in [0.1, 0.15) is 0 Å². The van der Waals surface area contributed by atoms with E-state index in [2.05, 4.69) is 20.8 Å². The Labute approximate surface area is 87.3 Å². The highest BCUT2D eigenvalue weighted by Crippen LogP contribution is 2.10. The fourth-order valence-corrected chi connectivity index (χ4v) is 3.75. The zero-order chi connectivity index (χ0) is 9.94. The molecule has 1 atom stereocenters. The molecule has 13 heavy (non-hydrogen) atoms. The fourth-order valence-electron chi connectivity index (χ4n) is 1.65. The quantitative estimate of drug-likeness (QED) is 0.390. The van der Waals surface area contributed by atoms with Crippen molar-refractivity contribution in [3.63, 3.8) is 0 Å². The van der Waals surface area contributed by atoms with Crippen LogP contribution in [0.5, 0.6) is 0 Å². The topological polar surface area (TPSA) is 0 Å². The van der Waals surface area contributed by atoms with Crippen molar-refractivity contribution >= 4 is 9.52 Å². The van der Waals surface area contributed by atoms with Gasteiger partial charge in [-0.1, -0.05) is 71.4 Å². The van der Waals surface area contributed by atoms with Crippen molar-refractivity contribution in [2.45, 2.75) is 71.4 Å². The van der Waals surface area contributed by atoms with Gasteiger partial charge in [-0.2, -0.15) is 0 Å². The first-order valence-corrected chi connectivity index (χ1v) is 8.31. The Morgan fingerprint density at radius 2 is 1.69 bits per heavy atom. The molecular formula is C12H28Si. The van der Waals surface area contributed by atoms with Crippen LogP contribution in [0.4, 0.5) is 0 Å². The van der Waals surface area contributed by atoms with Gasteiger partial charge in [0.2, 0.25) is 0 Å². The Balaban J connectivity index is 2.91. The van der Waals surface area contributed by atoms with Crippen LogP contribution in [0, 0.1) is 5.92 Å². The van der Waals surface area contributed by atoms with Gasteiger partial charge in [-0.25, -0.2) is 0 Å². The van der Waals surface area contributed by atoms with Gasteiger partial charge in [0.25, 0.3) is 0 Å². The van der Waals surface area contributed by atoms with Crippen molar-refractivity contribution in [3.05, 3.63) is 0 Å². The van der Waals surface area contributed by atoms with Gasteiger partial charge in [0.15, 0.2) is 0 Å². The molecule has 1 heteroatoms. The zero-order valence-corrected chi connectivity index (χ0v) is 11.4. The predicted molar refractivity (Wildman–Crippen MR) is 66.4 cm³/mol. The van der Waals surface area contributed by atoms with Crippen LogP contribution in [0.2, 0.25) is 12.1 Å². The average molecular weight is 200 g/mol. The van der Waals surface area contributed by atoms with Crippen molar-refractivity contribution < 1.29 is 0 Å². The maximum Gasteiger partial charge on any atom is 0.0200 e. The van der Waals surface area contributed by atoms with Crippen LogP contribution in [0.3, 0.4) is 0 Å². The normalized spacial score (nSPS) is 14.1. The summed E-state index contributed by atoms with van der Waals surface area (Å²) in [6.07, 6.45) is 8.73. The molecule has 0 spiro atoms. The standard InChI is InChI=1S/C12H28Si/c1-4-6-7-8-9-10-13-11-12(3)5-2/h12H,4-11,13H2,1-3H3. The predicted octanol–water partition coefficient (Wildman–Crippen LogP) is 4.01. The lowest BCUT2D eigenvalue weighted by atomic mass is 10.2. The van der Waals surface area contributed by atoms with Crippen molar-refractivity contribution in [3.8, 4) is 0 Å². The molecule has 0 fully saturated rings. The number of hydrogen-bond donors (Lipinski definition) is 0. The number of hydrogen-bond acceptors (Lipinski definition) is 0. The van der Waals surface area contributed by atoms with Crippen molar-refractivity contribution in [2.24, 2.45) is 5.92 Å². The van der Waals surface area contributed by atoms with Gasteiger partial charge in [0.05, 0.1) is 0 Å². The molecule has 0 radical (unpaired) electrons. The first-order chi connectivity index (χ1) is 6.31. The van der Waals surface area contributed by atoms with Crippen LogP contribution in [-0.2, 0) is 0 Å². The molecule has 0 heterocycles. The molecule has 0 amide bonds. The molecular weight excluding hydrogens is 172 g/mol. The van der Waals surface area contributed by atoms with E-state index in [1.807, 2.05) is 0 Å². The summed E-state index contributed by atoms with van der Waals surface area (Å²) >= 11 is 0. The lowest BCUT2D eigenvalue weighted by molar-refractivity contribution is 0.617. The molecule has 1 unspecified atom stereocenters. The Morgan fingerprint density at radius 3 is 2.31 bits per heavy atom. The Morgan fingerprint density at radius 1 is 1.00 bits per heavy atom. The second-order valence-electron chi connectivity index (χ2n) is 4.42. The lowest BCUT2D eigenvalue weighted by Gasteiger charge is -2.06. The van der Waals surface area contributed by atoms with E-state index in [9.17, 15) is 0 Å². The van der Waals surface area contributed by atoms with E-state index in [1.165, 1.54) is 38.5 Å². The monoisotopic (exact) mass is 200 g/mol. The molecule has 0 aromatic rings. The molecule has 0 bridgehead atoms.